The molecule has 0 fully saturated rings. The van der Waals surface area contributed by atoms with Gasteiger partial charge in [0, 0.05) is 41.8 Å². The molecule has 0 unspecified atom stereocenters. The van der Waals surface area contributed by atoms with Gasteiger partial charge < -0.3 is 20.7 Å². The molecule has 0 saturated carbocycles. The number of benzene rings is 3. The van der Waals surface area contributed by atoms with Crippen LogP contribution in [0.25, 0.3) is 10.9 Å². The Labute approximate surface area is 228 Å². The van der Waals surface area contributed by atoms with Crippen molar-refractivity contribution in [3.05, 3.63) is 106 Å². The van der Waals surface area contributed by atoms with E-state index in [0.29, 0.717) is 17.7 Å². The van der Waals surface area contributed by atoms with Crippen molar-refractivity contribution in [3.8, 4) is 0 Å². The summed E-state index contributed by atoms with van der Waals surface area (Å²) in [6, 6.07) is 16.2. The molecular formula is C32H37F2N3O2. The van der Waals surface area contributed by atoms with E-state index < -0.39 is 23.8 Å². The maximum atomic E-state index is 13.9. The highest BCUT2D eigenvalue weighted by Gasteiger charge is 2.23. The third kappa shape index (κ3) is 7.74. The fourth-order valence-corrected chi connectivity index (χ4v) is 4.88. The molecule has 0 saturated heterocycles. The number of hydrogen-bond acceptors (Lipinski definition) is 3. The van der Waals surface area contributed by atoms with Gasteiger partial charge in [0.25, 0.3) is 5.91 Å². The molecule has 0 aliphatic carbocycles. The fraction of sp³-hybridized carbons (Fsp3) is 0.344. The molecule has 0 aliphatic rings. The van der Waals surface area contributed by atoms with Gasteiger partial charge in [0.2, 0.25) is 0 Å². The zero-order valence-corrected chi connectivity index (χ0v) is 22.6. The first-order valence-corrected chi connectivity index (χ1v) is 13.7. The molecule has 0 spiro atoms. The molecule has 4 N–H and O–H groups in total. The van der Waals surface area contributed by atoms with Crippen molar-refractivity contribution >= 4 is 16.8 Å². The van der Waals surface area contributed by atoms with Crippen molar-refractivity contribution in [2.45, 2.75) is 64.6 Å². The van der Waals surface area contributed by atoms with Crippen LogP contribution in [0.5, 0.6) is 0 Å². The molecular weight excluding hydrogens is 496 g/mol. The van der Waals surface area contributed by atoms with Crippen LogP contribution in [0.2, 0.25) is 0 Å². The number of halogens is 2. The summed E-state index contributed by atoms with van der Waals surface area (Å²) >= 11 is 0. The van der Waals surface area contributed by atoms with Crippen LogP contribution in [0.1, 0.15) is 59.3 Å². The van der Waals surface area contributed by atoms with Gasteiger partial charge in [-0.2, -0.15) is 0 Å². The van der Waals surface area contributed by atoms with Crippen molar-refractivity contribution < 1.29 is 18.7 Å². The molecule has 4 rings (SSSR count). The van der Waals surface area contributed by atoms with Gasteiger partial charge in [-0.15, -0.1) is 0 Å². The molecule has 7 heteroatoms. The number of fused-ring (bicyclic) bond motifs is 1. The predicted octanol–water partition coefficient (Wildman–Crippen LogP) is 5.84. The lowest BCUT2D eigenvalue weighted by Gasteiger charge is -2.25. The van der Waals surface area contributed by atoms with E-state index in [4.69, 9.17) is 0 Å². The molecule has 5 nitrogen and oxygen atoms in total. The van der Waals surface area contributed by atoms with Crippen LogP contribution in [-0.4, -0.2) is 34.7 Å². The zero-order chi connectivity index (χ0) is 27.8. The Morgan fingerprint density at radius 3 is 2.49 bits per heavy atom. The Morgan fingerprint density at radius 2 is 1.74 bits per heavy atom. The lowest BCUT2D eigenvalue weighted by atomic mass is 9.99. The van der Waals surface area contributed by atoms with Crippen LogP contribution in [0.3, 0.4) is 0 Å². The topological polar surface area (TPSA) is 77.2 Å². The lowest BCUT2D eigenvalue weighted by Crippen LogP contribution is -2.48. The maximum absolute atomic E-state index is 13.9. The van der Waals surface area contributed by atoms with Crippen LogP contribution in [0.15, 0.2) is 66.9 Å². The van der Waals surface area contributed by atoms with E-state index in [1.54, 1.807) is 6.07 Å². The van der Waals surface area contributed by atoms with Crippen LogP contribution in [0.4, 0.5) is 8.78 Å². The quantitative estimate of drug-likeness (QED) is 0.174. The molecule has 2 atom stereocenters. The first kappa shape index (κ1) is 28.5. The molecule has 206 valence electrons. The maximum Gasteiger partial charge on any atom is 0.251 e. The summed E-state index contributed by atoms with van der Waals surface area (Å²) in [5.74, 6) is -1.75. The fourth-order valence-electron chi connectivity index (χ4n) is 4.88. The number of aromatic amines is 1. The number of H-pyrrole nitrogens is 1. The van der Waals surface area contributed by atoms with Crippen LogP contribution >= 0.6 is 0 Å². The molecule has 0 radical (unpaired) electrons. The Balaban J connectivity index is 1.50. The van der Waals surface area contributed by atoms with E-state index in [2.05, 4.69) is 41.6 Å². The Hall–Kier alpha value is -3.55. The largest absolute Gasteiger partial charge is 0.390 e. The minimum Gasteiger partial charge on any atom is -0.390 e. The number of aliphatic hydroxyl groups is 1. The summed E-state index contributed by atoms with van der Waals surface area (Å²) in [7, 11) is 0. The predicted molar refractivity (Wildman–Crippen MR) is 152 cm³/mol. The summed E-state index contributed by atoms with van der Waals surface area (Å²) in [6.45, 7) is 4.97. The summed E-state index contributed by atoms with van der Waals surface area (Å²) in [6.07, 6.45) is 5.04. The second-order valence-electron chi connectivity index (χ2n) is 10.1. The SMILES string of the molecule is CCCCc1c[nH]c2ccc(C(=O)N[C@@H](Cc3cc(F)cc(F)c3)[C@@H](O)CNCc3cccc(CC)c3)cc12. The average Bonchev–Trinajstić information content (AvgIpc) is 3.33. The number of aliphatic hydroxyl groups excluding tert-OH is 1. The monoisotopic (exact) mass is 533 g/mol. The van der Waals surface area contributed by atoms with E-state index in [9.17, 15) is 18.7 Å². The molecule has 4 aromatic rings. The van der Waals surface area contributed by atoms with E-state index in [1.165, 1.54) is 17.7 Å². The van der Waals surface area contributed by atoms with Crippen molar-refractivity contribution in [1.82, 2.24) is 15.6 Å². The Morgan fingerprint density at radius 1 is 0.974 bits per heavy atom. The summed E-state index contributed by atoms with van der Waals surface area (Å²) in [4.78, 5) is 16.6. The highest BCUT2D eigenvalue weighted by atomic mass is 19.1. The van der Waals surface area contributed by atoms with Gasteiger partial charge in [0.05, 0.1) is 12.1 Å². The first-order valence-electron chi connectivity index (χ1n) is 13.7. The van der Waals surface area contributed by atoms with Gasteiger partial charge in [0.15, 0.2) is 0 Å². The highest BCUT2D eigenvalue weighted by molar-refractivity contribution is 5.99. The van der Waals surface area contributed by atoms with Crippen LogP contribution in [-0.2, 0) is 25.8 Å². The van der Waals surface area contributed by atoms with E-state index in [-0.39, 0.29) is 18.9 Å². The minimum absolute atomic E-state index is 0.0722. The number of aromatic nitrogens is 1. The number of rotatable bonds is 13. The van der Waals surface area contributed by atoms with E-state index in [0.717, 1.165) is 53.8 Å². The number of carbonyl (C=O) groups is 1. The van der Waals surface area contributed by atoms with Crippen LogP contribution < -0.4 is 10.6 Å². The molecule has 1 aromatic heterocycles. The number of unbranched alkanes of at least 4 members (excludes halogenated alkanes) is 1. The van der Waals surface area contributed by atoms with E-state index >= 15 is 0 Å². The van der Waals surface area contributed by atoms with Gasteiger partial charge >= 0.3 is 0 Å². The number of aryl methyl sites for hydroxylation is 2. The average molecular weight is 534 g/mol. The van der Waals surface area contributed by atoms with Gasteiger partial charge in [-0.25, -0.2) is 8.78 Å². The molecule has 1 heterocycles. The zero-order valence-electron chi connectivity index (χ0n) is 22.6. The second-order valence-corrected chi connectivity index (χ2v) is 10.1. The summed E-state index contributed by atoms with van der Waals surface area (Å²) < 4.78 is 27.8. The standard InChI is InChI=1S/C32H37F2N3O2/c1-3-5-9-25-19-36-29-11-10-24(16-28(25)29)32(39)37-30(15-23-13-26(33)17-27(34)14-23)31(38)20-35-18-22-8-6-7-21(4-2)12-22/h6-8,10-14,16-17,19,30-31,35-36,38H,3-5,9,15,18,20H2,1-2H3,(H,37,39)/t30-,31-/m0/s1. The van der Waals surface area contributed by atoms with E-state index in [1.807, 2.05) is 30.5 Å². The Kier molecular flexibility index (Phi) is 9.85. The smallest absolute Gasteiger partial charge is 0.251 e. The number of hydrogen-bond donors (Lipinski definition) is 4. The molecule has 0 bridgehead atoms. The number of nitrogens with one attached hydrogen (secondary N) is 3. The third-order valence-electron chi connectivity index (χ3n) is 7.07. The van der Waals surface area contributed by atoms with Crippen molar-refractivity contribution in [2.75, 3.05) is 6.54 Å². The Bertz CT molecular complexity index is 1380. The van der Waals surface area contributed by atoms with Gasteiger partial charge in [-0.3, -0.25) is 4.79 Å². The van der Waals surface area contributed by atoms with Gasteiger partial charge in [-0.05, 0) is 78.3 Å². The van der Waals surface area contributed by atoms with Crippen LogP contribution in [0, 0.1) is 11.6 Å². The molecule has 1 amide bonds. The summed E-state index contributed by atoms with van der Waals surface area (Å²) in [5, 5.41) is 18.3. The van der Waals surface area contributed by atoms with Gasteiger partial charge in [0.1, 0.15) is 11.6 Å². The summed E-state index contributed by atoms with van der Waals surface area (Å²) in [5.41, 5.74) is 5.26. The first-order chi connectivity index (χ1) is 18.9. The third-order valence-corrected chi connectivity index (χ3v) is 7.07. The molecule has 0 aliphatic heterocycles. The highest BCUT2D eigenvalue weighted by Crippen LogP contribution is 2.22. The van der Waals surface area contributed by atoms with Crippen molar-refractivity contribution in [1.29, 1.82) is 0 Å². The second kappa shape index (κ2) is 13.5. The minimum atomic E-state index is -0.995. The normalized spacial score (nSPS) is 12.9. The van der Waals surface area contributed by atoms with Crippen molar-refractivity contribution in [2.24, 2.45) is 0 Å². The lowest BCUT2D eigenvalue weighted by molar-refractivity contribution is 0.0830. The van der Waals surface area contributed by atoms with Crippen molar-refractivity contribution in [3.63, 3.8) is 0 Å². The molecule has 3 aromatic carbocycles. The number of amides is 1. The number of carbonyl (C=O) groups excluding carboxylic acids is 1. The molecule has 39 heavy (non-hydrogen) atoms. The van der Waals surface area contributed by atoms with Gasteiger partial charge in [-0.1, -0.05) is 44.5 Å².